The van der Waals surface area contributed by atoms with Crippen molar-refractivity contribution in [2.24, 2.45) is 0 Å². The molecule has 0 aliphatic carbocycles. The lowest BCUT2D eigenvalue weighted by Crippen LogP contribution is -1.95. The first-order valence-electron chi connectivity index (χ1n) is 6.04. The highest BCUT2D eigenvalue weighted by molar-refractivity contribution is 9.10. The van der Waals surface area contributed by atoms with Gasteiger partial charge in [0.1, 0.15) is 0 Å². The topological polar surface area (TPSA) is 39.4 Å². The molecule has 1 aromatic carbocycles. The number of thioether (sulfide) groups is 1. The third-order valence-electron chi connectivity index (χ3n) is 2.80. The van der Waals surface area contributed by atoms with Crippen LogP contribution in [0.5, 0.6) is 5.88 Å². The van der Waals surface area contributed by atoms with Crippen LogP contribution in [0, 0.1) is 0 Å². The van der Waals surface area contributed by atoms with E-state index in [1.54, 1.807) is 23.4 Å². The molecule has 0 aliphatic heterocycles. The Morgan fingerprint density at radius 3 is 2.75 bits per heavy atom. The van der Waals surface area contributed by atoms with Gasteiger partial charge in [-0.25, -0.2) is 4.98 Å². The highest BCUT2D eigenvalue weighted by atomic mass is 79.9. The number of benzene rings is 1. The number of hydrogen-bond donors (Lipinski definition) is 0. The summed E-state index contributed by atoms with van der Waals surface area (Å²) in [5, 5.41) is 5.21. The largest absolute Gasteiger partial charge is 0.481 e. The van der Waals surface area contributed by atoms with Gasteiger partial charge in [0.15, 0.2) is 5.65 Å². The minimum absolute atomic E-state index is 0.669. The van der Waals surface area contributed by atoms with E-state index in [0.717, 1.165) is 21.0 Å². The minimum atomic E-state index is 0.669. The summed E-state index contributed by atoms with van der Waals surface area (Å²) >= 11 is 5.09. The fraction of sp³-hybridized carbons (Fsp3) is 0.143. The van der Waals surface area contributed by atoms with E-state index in [1.807, 2.05) is 30.3 Å². The molecule has 0 radical (unpaired) electrons. The van der Waals surface area contributed by atoms with E-state index < -0.39 is 0 Å². The number of fused-ring (bicyclic) bond motifs is 1. The summed E-state index contributed by atoms with van der Waals surface area (Å²) in [7, 11) is 1.63. The number of rotatable bonds is 4. The first-order chi connectivity index (χ1) is 9.78. The van der Waals surface area contributed by atoms with Gasteiger partial charge in [0.05, 0.1) is 11.6 Å². The molecule has 0 N–H and O–H groups in total. The van der Waals surface area contributed by atoms with E-state index >= 15 is 0 Å². The zero-order valence-corrected chi connectivity index (χ0v) is 13.2. The number of methoxy groups -OCH3 is 1. The molecule has 2 heterocycles. The monoisotopic (exact) mass is 349 g/mol. The van der Waals surface area contributed by atoms with Crippen LogP contribution in [0.1, 0.15) is 5.56 Å². The lowest BCUT2D eigenvalue weighted by Gasteiger charge is -2.01. The van der Waals surface area contributed by atoms with Crippen molar-refractivity contribution in [1.29, 1.82) is 0 Å². The van der Waals surface area contributed by atoms with E-state index in [9.17, 15) is 0 Å². The molecule has 102 valence electrons. The van der Waals surface area contributed by atoms with Crippen molar-refractivity contribution in [2.75, 3.05) is 7.11 Å². The summed E-state index contributed by atoms with van der Waals surface area (Å²) in [6, 6.07) is 14.0. The Labute approximate surface area is 129 Å². The summed E-state index contributed by atoms with van der Waals surface area (Å²) < 4.78 is 7.90. The average molecular weight is 350 g/mol. The maximum absolute atomic E-state index is 5.29. The van der Waals surface area contributed by atoms with Crippen molar-refractivity contribution < 1.29 is 4.74 Å². The summed E-state index contributed by atoms with van der Waals surface area (Å²) in [5.74, 6) is 1.51. The van der Waals surface area contributed by atoms with Crippen molar-refractivity contribution in [1.82, 2.24) is 14.6 Å². The molecule has 0 unspecified atom stereocenters. The Morgan fingerprint density at radius 1 is 1.20 bits per heavy atom. The van der Waals surface area contributed by atoms with Gasteiger partial charge in [-0.2, -0.15) is 4.52 Å². The first-order valence-corrected chi connectivity index (χ1v) is 7.82. The Hall–Kier alpha value is -1.53. The van der Waals surface area contributed by atoms with E-state index in [2.05, 4.69) is 38.1 Å². The summed E-state index contributed by atoms with van der Waals surface area (Å²) in [5.41, 5.74) is 2.02. The second-order valence-corrected chi connectivity index (χ2v) is 5.92. The van der Waals surface area contributed by atoms with Gasteiger partial charge >= 0.3 is 0 Å². The van der Waals surface area contributed by atoms with Gasteiger partial charge in [0.25, 0.3) is 0 Å². The van der Waals surface area contributed by atoms with Gasteiger partial charge in [-0.15, -0.1) is 5.10 Å². The van der Waals surface area contributed by atoms with E-state index in [0.29, 0.717) is 5.88 Å². The number of halogens is 1. The molecule has 0 saturated carbocycles. The lowest BCUT2D eigenvalue weighted by molar-refractivity contribution is 0.384. The van der Waals surface area contributed by atoms with Crippen LogP contribution in [-0.2, 0) is 5.75 Å². The molecule has 0 bridgehead atoms. The van der Waals surface area contributed by atoms with Gasteiger partial charge in [-0.05, 0) is 27.6 Å². The van der Waals surface area contributed by atoms with Crippen molar-refractivity contribution in [3.8, 4) is 5.88 Å². The van der Waals surface area contributed by atoms with Crippen molar-refractivity contribution >= 4 is 33.3 Å². The van der Waals surface area contributed by atoms with Crippen molar-refractivity contribution in [2.45, 2.75) is 10.9 Å². The average Bonchev–Trinajstić information content (AvgIpc) is 2.92. The smallest absolute Gasteiger partial charge is 0.216 e. The molecule has 0 amide bonds. The molecule has 0 atom stereocenters. The Balaban J connectivity index is 1.88. The molecule has 2 aromatic heterocycles. The third kappa shape index (κ3) is 2.66. The van der Waals surface area contributed by atoms with Crippen LogP contribution in [-0.4, -0.2) is 21.7 Å². The molecule has 4 nitrogen and oxygen atoms in total. The Kier molecular flexibility index (Phi) is 3.93. The highest BCUT2D eigenvalue weighted by Gasteiger charge is 2.11. The zero-order valence-electron chi connectivity index (χ0n) is 10.8. The van der Waals surface area contributed by atoms with Gasteiger partial charge in [0.2, 0.25) is 11.0 Å². The predicted octanol–water partition coefficient (Wildman–Crippen LogP) is 3.79. The van der Waals surface area contributed by atoms with Crippen LogP contribution in [0.3, 0.4) is 0 Å². The number of nitrogens with zero attached hydrogens (tertiary/aromatic N) is 3. The number of aromatic nitrogens is 3. The van der Waals surface area contributed by atoms with Crippen LogP contribution in [0.4, 0.5) is 0 Å². The number of hydrogen-bond acceptors (Lipinski definition) is 4. The Bertz CT molecular complexity index is 730. The van der Waals surface area contributed by atoms with Crippen molar-refractivity contribution in [3.63, 3.8) is 0 Å². The second kappa shape index (κ2) is 5.85. The number of ether oxygens (including phenoxy) is 1. The van der Waals surface area contributed by atoms with Crippen LogP contribution in [0.25, 0.3) is 5.65 Å². The molecular formula is C14H12BrN3OS. The van der Waals surface area contributed by atoms with Gasteiger partial charge in [-0.1, -0.05) is 42.1 Å². The second-order valence-electron chi connectivity index (χ2n) is 4.13. The standard InChI is InChI=1S/C14H12BrN3OS/c1-19-12-8-7-11(15)13-16-14(17-18(12)13)20-9-10-5-3-2-4-6-10/h2-8H,9H2,1H3. The molecule has 0 aliphatic rings. The summed E-state index contributed by atoms with van der Waals surface area (Å²) in [4.78, 5) is 4.52. The van der Waals surface area contributed by atoms with Crippen LogP contribution >= 0.6 is 27.7 Å². The third-order valence-corrected chi connectivity index (χ3v) is 4.33. The molecule has 3 rings (SSSR count). The molecule has 3 aromatic rings. The highest BCUT2D eigenvalue weighted by Crippen LogP contribution is 2.26. The fourth-order valence-electron chi connectivity index (χ4n) is 1.83. The fourth-order valence-corrected chi connectivity index (χ4v) is 3.00. The molecular weight excluding hydrogens is 338 g/mol. The molecule has 0 fully saturated rings. The zero-order chi connectivity index (χ0) is 13.9. The van der Waals surface area contributed by atoms with E-state index in [1.165, 1.54) is 5.56 Å². The maximum Gasteiger partial charge on any atom is 0.216 e. The quantitative estimate of drug-likeness (QED) is 0.671. The minimum Gasteiger partial charge on any atom is -0.481 e. The van der Waals surface area contributed by atoms with Crippen LogP contribution in [0.15, 0.2) is 52.1 Å². The SMILES string of the molecule is COc1ccc(Br)c2nc(SCc3ccccc3)nn12. The molecule has 6 heteroatoms. The Morgan fingerprint density at radius 2 is 2.00 bits per heavy atom. The van der Waals surface area contributed by atoms with Gasteiger partial charge in [-0.3, -0.25) is 0 Å². The lowest BCUT2D eigenvalue weighted by atomic mass is 10.2. The first kappa shape index (κ1) is 13.5. The maximum atomic E-state index is 5.29. The van der Waals surface area contributed by atoms with Crippen LogP contribution < -0.4 is 4.74 Å². The summed E-state index contributed by atoms with van der Waals surface area (Å²) in [6.07, 6.45) is 0. The molecule has 0 saturated heterocycles. The van der Waals surface area contributed by atoms with Crippen molar-refractivity contribution in [3.05, 3.63) is 52.5 Å². The molecule has 20 heavy (non-hydrogen) atoms. The van der Waals surface area contributed by atoms with E-state index in [4.69, 9.17) is 4.74 Å². The van der Waals surface area contributed by atoms with Gasteiger partial charge < -0.3 is 4.74 Å². The van der Waals surface area contributed by atoms with Crippen LogP contribution in [0.2, 0.25) is 0 Å². The van der Waals surface area contributed by atoms with Gasteiger partial charge in [0, 0.05) is 11.8 Å². The van der Waals surface area contributed by atoms with E-state index in [-0.39, 0.29) is 0 Å². The predicted molar refractivity (Wildman–Crippen MR) is 83.2 cm³/mol. The molecule has 0 spiro atoms. The summed E-state index contributed by atoms with van der Waals surface area (Å²) in [6.45, 7) is 0. The number of pyridine rings is 1. The normalized spacial score (nSPS) is 10.9.